The normalized spacial score (nSPS) is 16.0. The molecule has 158 valence electrons. The van der Waals surface area contributed by atoms with Gasteiger partial charge in [0.15, 0.2) is 11.5 Å². The molecule has 8 heteroatoms. The van der Waals surface area contributed by atoms with Crippen molar-refractivity contribution in [1.29, 1.82) is 0 Å². The van der Waals surface area contributed by atoms with Gasteiger partial charge in [-0.05, 0) is 70.7 Å². The number of nitrogens with one attached hydrogen (secondary N) is 1. The van der Waals surface area contributed by atoms with E-state index in [0.717, 1.165) is 11.3 Å². The first-order valence-corrected chi connectivity index (χ1v) is 10.2. The van der Waals surface area contributed by atoms with Gasteiger partial charge in [-0.15, -0.1) is 0 Å². The molecule has 0 saturated carbocycles. The maximum atomic E-state index is 13.1. The van der Waals surface area contributed by atoms with Gasteiger partial charge in [-0.25, -0.2) is 9.18 Å². The van der Waals surface area contributed by atoms with E-state index in [1.54, 1.807) is 18.2 Å². The van der Waals surface area contributed by atoms with Crippen molar-refractivity contribution in [2.75, 3.05) is 7.11 Å². The highest BCUT2D eigenvalue weighted by Gasteiger charge is 2.33. The number of amides is 3. The molecular weight excluding hydrogens is 455 g/mol. The van der Waals surface area contributed by atoms with Gasteiger partial charge in [0.05, 0.1) is 24.2 Å². The van der Waals surface area contributed by atoms with Gasteiger partial charge in [0.1, 0.15) is 11.5 Å². The predicted molar refractivity (Wildman–Crippen MR) is 115 cm³/mol. The van der Waals surface area contributed by atoms with Gasteiger partial charge in [-0.1, -0.05) is 19.1 Å². The lowest BCUT2D eigenvalue weighted by molar-refractivity contribution is -0.123. The molecule has 6 nitrogen and oxygen atoms in total. The van der Waals surface area contributed by atoms with Crippen LogP contribution in [0.3, 0.4) is 0 Å². The van der Waals surface area contributed by atoms with E-state index in [-0.39, 0.29) is 24.2 Å². The zero-order valence-corrected chi connectivity index (χ0v) is 18.5. The first-order valence-electron chi connectivity index (χ1n) is 9.45. The first kappa shape index (κ1) is 21.8. The Morgan fingerprint density at radius 1 is 1.23 bits per heavy atom. The second-order valence-electron chi connectivity index (χ2n) is 6.88. The third-order valence-electron chi connectivity index (χ3n) is 4.67. The van der Waals surface area contributed by atoms with E-state index in [9.17, 15) is 14.0 Å². The number of rotatable bonds is 7. The van der Waals surface area contributed by atoms with E-state index < -0.39 is 11.9 Å². The number of carbonyl (C=O) groups excluding carboxylic acids is 2. The Morgan fingerprint density at radius 2 is 1.93 bits per heavy atom. The average Bonchev–Trinajstić information content (AvgIpc) is 2.98. The van der Waals surface area contributed by atoms with Gasteiger partial charge >= 0.3 is 6.03 Å². The molecule has 0 radical (unpaired) electrons. The third-order valence-corrected chi connectivity index (χ3v) is 5.26. The fraction of sp³-hybridized carbons (Fsp3) is 0.273. The summed E-state index contributed by atoms with van der Waals surface area (Å²) in [4.78, 5) is 26.1. The van der Waals surface area contributed by atoms with Crippen LogP contribution in [-0.2, 0) is 11.3 Å². The van der Waals surface area contributed by atoms with Crippen LogP contribution in [0.25, 0.3) is 6.08 Å². The number of methoxy groups -OCH3 is 1. The molecule has 2 aromatic rings. The minimum Gasteiger partial charge on any atom is -0.493 e. The molecule has 0 aromatic heterocycles. The van der Waals surface area contributed by atoms with Gasteiger partial charge in [0, 0.05) is 0 Å². The molecule has 0 spiro atoms. The number of carbonyl (C=O) groups is 2. The fourth-order valence-corrected chi connectivity index (χ4v) is 3.43. The number of hydrogen-bond acceptors (Lipinski definition) is 4. The van der Waals surface area contributed by atoms with E-state index >= 15 is 0 Å². The lowest BCUT2D eigenvalue weighted by Crippen LogP contribution is -2.30. The van der Waals surface area contributed by atoms with Crippen LogP contribution in [0, 0.1) is 5.82 Å². The molecule has 30 heavy (non-hydrogen) atoms. The number of nitrogens with zero attached hydrogens (tertiary/aromatic N) is 1. The summed E-state index contributed by atoms with van der Waals surface area (Å²) in [6, 6.07) is 8.64. The van der Waals surface area contributed by atoms with E-state index in [1.807, 2.05) is 13.8 Å². The molecule has 1 heterocycles. The summed E-state index contributed by atoms with van der Waals surface area (Å²) in [6.07, 6.45) is 2.42. The van der Waals surface area contributed by atoms with Crippen LogP contribution in [0.1, 0.15) is 31.4 Å². The monoisotopic (exact) mass is 476 g/mol. The zero-order valence-electron chi connectivity index (χ0n) is 16.9. The summed E-state index contributed by atoms with van der Waals surface area (Å²) >= 11 is 3.49. The fourth-order valence-electron chi connectivity index (χ4n) is 2.88. The van der Waals surface area contributed by atoms with Gasteiger partial charge < -0.3 is 14.8 Å². The van der Waals surface area contributed by atoms with Gasteiger partial charge in [0.25, 0.3) is 5.91 Å². The van der Waals surface area contributed by atoms with Gasteiger partial charge in [-0.3, -0.25) is 9.69 Å². The van der Waals surface area contributed by atoms with Crippen molar-refractivity contribution in [2.45, 2.75) is 32.9 Å². The van der Waals surface area contributed by atoms with E-state index in [4.69, 9.17) is 9.47 Å². The summed E-state index contributed by atoms with van der Waals surface area (Å²) in [6.45, 7) is 4.04. The van der Waals surface area contributed by atoms with E-state index in [1.165, 1.54) is 31.4 Å². The molecule has 1 fully saturated rings. The molecule has 1 aliphatic rings. The molecular formula is C22H22BrFN2O4. The number of urea groups is 1. The van der Waals surface area contributed by atoms with Gasteiger partial charge in [-0.2, -0.15) is 0 Å². The Hall–Kier alpha value is -2.87. The van der Waals surface area contributed by atoms with Crippen LogP contribution in [0.15, 0.2) is 46.6 Å². The Balaban J connectivity index is 1.84. The SMILES string of the molecule is CC[C@H](C)Oc1c(Br)cc(/C=C2/NC(=O)N(Cc3ccc(F)cc3)C2=O)cc1OC. The highest BCUT2D eigenvalue weighted by atomic mass is 79.9. The molecule has 0 aliphatic carbocycles. The number of halogens is 2. The standard InChI is InChI=1S/C22H22BrFN2O4/c1-4-13(2)30-20-17(23)9-15(11-19(20)29-3)10-18-21(27)26(22(28)25-18)12-14-5-7-16(24)8-6-14/h5-11,13H,4,12H2,1-3H3,(H,25,28)/b18-10+/t13-/m0/s1. The van der Waals surface area contributed by atoms with Crippen molar-refractivity contribution in [3.05, 3.63) is 63.5 Å². The highest BCUT2D eigenvalue weighted by Crippen LogP contribution is 2.38. The summed E-state index contributed by atoms with van der Waals surface area (Å²) < 4.78 is 25.1. The molecule has 1 N–H and O–H groups in total. The molecule has 3 rings (SSSR count). The maximum absolute atomic E-state index is 13.1. The van der Waals surface area contributed by atoms with Gasteiger partial charge in [0.2, 0.25) is 0 Å². The largest absolute Gasteiger partial charge is 0.493 e. The van der Waals surface area contributed by atoms with Crippen molar-refractivity contribution in [1.82, 2.24) is 10.2 Å². The number of benzene rings is 2. The zero-order chi connectivity index (χ0) is 21.8. The lowest BCUT2D eigenvalue weighted by Gasteiger charge is -2.17. The van der Waals surface area contributed by atoms with Crippen LogP contribution in [-0.4, -0.2) is 30.1 Å². The average molecular weight is 477 g/mol. The van der Waals surface area contributed by atoms with Crippen molar-refractivity contribution in [3.8, 4) is 11.5 Å². The summed E-state index contributed by atoms with van der Waals surface area (Å²) in [5.41, 5.74) is 1.45. The number of hydrogen-bond donors (Lipinski definition) is 1. The van der Waals surface area contributed by atoms with Crippen LogP contribution in [0.5, 0.6) is 11.5 Å². The Kier molecular flexibility index (Phi) is 6.77. The van der Waals surface area contributed by atoms with E-state index in [2.05, 4.69) is 21.2 Å². The number of imide groups is 1. The van der Waals surface area contributed by atoms with Crippen molar-refractivity contribution < 1.29 is 23.5 Å². The Morgan fingerprint density at radius 3 is 2.57 bits per heavy atom. The number of ether oxygens (including phenoxy) is 2. The minimum atomic E-state index is -0.529. The molecule has 3 amide bonds. The minimum absolute atomic E-state index is 0.00937. The van der Waals surface area contributed by atoms with Crippen LogP contribution in [0.4, 0.5) is 9.18 Å². The Bertz CT molecular complexity index is 991. The summed E-state index contributed by atoms with van der Waals surface area (Å²) in [5.74, 6) is 0.251. The lowest BCUT2D eigenvalue weighted by atomic mass is 10.1. The first-order chi connectivity index (χ1) is 14.3. The quantitative estimate of drug-likeness (QED) is 0.457. The highest BCUT2D eigenvalue weighted by molar-refractivity contribution is 9.10. The van der Waals surface area contributed by atoms with Crippen molar-refractivity contribution in [3.63, 3.8) is 0 Å². The smallest absolute Gasteiger partial charge is 0.329 e. The molecule has 0 bridgehead atoms. The van der Waals surface area contributed by atoms with Crippen LogP contribution >= 0.6 is 15.9 Å². The third kappa shape index (κ3) is 4.81. The Labute approximate surface area is 182 Å². The topological polar surface area (TPSA) is 67.9 Å². The molecule has 0 unspecified atom stereocenters. The molecule has 2 aromatic carbocycles. The van der Waals surface area contributed by atoms with Crippen molar-refractivity contribution in [2.24, 2.45) is 0 Å². The second kappa shape index (κ2) is 9.30. The van der Waals surface area contributed by atoms with Crippen LogP contribution in [0.2, 0.25) is 0 Å². The molecule has 1 saturated heterocycles. The predicted octanol–water partition coefficient (Wildman–Crippen LogP) is 4.87. The summed E-state index contributed by atoms with van der Waals surface area (Å²) in [7, 11) is 1.54. The second-order valence-corrected chi connectivity index (χ2v) is 7.73. The van der Waals surface area contributed by atoms with E-state index in [0.29, 0.717) is 27.1 Å². The maximum Gasteiger partial charge on any atom is 0.329 e. The summed E-state index contributed by atoms with van der Waals surface area (Å²) in [5, 5.41) is 2.58. The molecule has 1 aliphatic heterocycles. The van der Waals surface area contributed by atoms with Crippen LogP contribution < -0.4 is 14.8 Å². The molecule has 1 atom stereocenters. The van der Waals surface area contributed by atoms with Crippen molar-refractivity contribution >= 4 is 33.9 Å².